The molecule has 9 nitrogen and oxygen atoms in total. The van der Waals surface area contributed by atoms with Crippen LogP contribution in [0.3, 0.4) is 0 Å². The summed E-state index contributed by atoms with van der Waals surface area (Å²) in [6.07, 6.45) is 4.49. The summed E-state index contributed by atoms with van der Waals surface area (Å²) in [6.45, 7) is 4.43. The molecule has 3 aromatic heterocycles. The Bertz CT molecular complexity index is 1440. The molecule has 5 rings (SSSR count). The van der Waals surface area contributed by atoms with Gasteiger partial charge in [0.25, 0.3) is 0 Å². The molecule has 0 fully saturated rings. The number of anilines is 2. The van der Waals surface area contributed by atoms with Gasteiger partial charge in [-0.2, -0.15) is 10.2 Å². The van der Waals surface area contributed by atoms with E-state index in [4.69, 9.17) is 10.8 Å². The van der Waals surface area contributed by atoms with Gasteiger partial charge in [0.05, 0.1) is 23.6 Å². The van der Waals surface area contributed by atoms with Gasteiger partial charge in [-0.05, 0) is 30.3 Å². The van der Waals surface area contributed by atoms with E-state index in [1.807, 2.05) is 48.5 Å². The number of benzene rings is 2. The zero-order valence-corrected chi connectivity index (χ0v) is 17.1. The van der Waals surface area contributed by atoms with E-state index in [9.17, 15) is 4.79 Å². The number of aromatic nitrogens is 6. The molecule has 0 aliphatic carbocycles. The number of nitrogens with two attached hydrogens (primary N) is 1. The minimum absolute atomic E-state index is 0.188. The minimum Gasteiger partial charge on any atom is -0.383 e. The largest absolute Gasteiger partial charge is 0.383 e. The third kappa shape index (κ3) is 3.35. The summed E-state index contributed by atoms with van der Waals surface area (Å²) in [6, 6.07) is 15.3. The highest BCUT2D eigenvalue weighted by Gasteiger charge is 2.19. The van der Waals surface area contributed by atoms with Gasteiger partial charge < -0.3 is 10.6 Å². The third-order valence-corrected chi connectivity index (χ3v) is 5.32. The Morgan fingerprint density at radius 2 is 2.03 bits per heavy atom. The van der Waals surface area contributed by atoms with E-state index < -0.39 is 0 Å². The standard InChI is InChI=1S/C23H20N8O/c1-2-19(32)30(17-6-4-3-5-7-17)10-11-31-23-20(22(24)25-14-26-23)21(29-31)15-8-9-18-16(12-15)13-27-28-18/h2-9,12-14H,1,10-11H2,(H,27,28)(H2,24,25,26). The Hall–Kier alpha value is -4.53. The van der Waals surface area contributed by atoms with Crippen LogP contribution in [0.1, 0.15) is 0 Å². The van der Waals surface area contributed by atoms with Crippen LogP contribution in [-0.4, -0.2) is 42.4 Å². The molecule has 0 spiro atoms. The van der Waals surface area contributed by atoms with Crippen molar-refractivity contribution < 1.29 is 4.79 Å². The monoisotopic (exact) mass is 424 g/mol. The maximum absolute atomic E-state index is 12.5. The molecule has 0 saturated carbocycles. The second-order valence-electron chi connectivity index (χ2n) is 7.23. The van der Waals surface area contributed by atoms with Crippen LogP contribution < -0.4 is 10.6 Å². The molecule has 1 amide bonds. The van der Waals surface area contributed by atoms with Crippen molar-refractivity contribution in [2.45, 2.75) is 6.54 Å². The molecular formula is C23H20N8O. The van der Waals surface area contributed by atoms with Crippen LogP contribution in [-0.2, 0) is 11.3 Å². The van der Waals surface area contributed by atoms with Crippen molar-refractivity contribution in [3.8, 4) is 11.3 Å². The number of nitrogens with one attached hydrogen (secondary N) is 1. The summed E-state index contributed by atoms with van der Waals surface area (Å²) in [5, 5.41) is 13.5. The van der Waals surface area contributed by atoms with Gasteiger partial charge in [0.1, 0.15) is 17.8 Å². The van der Waals surface area contributed by atoms with Crippen molar-refractivity contribution in [3.05, 3.63) is 73.7 Å². The lowest BCUT2D eigenvalue weighted by atomic mass is 10.1. The number of H-pyrrole nitrogens is 1. The molecule has 9 heteroatoms. The van der Waals surface area contributed by atoms with Crippen LogP contribution in [0.25, 0.3) is 33.2 Å². The van der Waals surface area contributed by atoms with E-state index >= 15 is 0 Å². The fourth-order valence-electron chi connectivity index (χ4n) is 3.76. The van der Waals surface area contributed by atoms with Gasteiger partial charge >= 0.3 is 0 Å². The fraction of sp³-hybridized carbons (Fsp3) is 0.0870. The lowest BCUT2D eigenvalue weighted by Gasteiger charge is -2.21. The number of fused-ring (bicyclic) bond motifs is 2. The van der Waals surface area contributed by atoms with E-state index in [0.717, 1.165) is 22.2 Å². The van der Waals surface area contributed by atoms with Gasteiger partial charge in [0.15, 0.2) is 5.65 Å². The first-order valence-electron chi connectivity index (χ1n) is 10.0. The SMILES string of the molecule is C=CC(=O)N(CCn1nc(-c2ccc3[nH]ncc3c2)c2c(N)ncnc21)c1ccccc1. The molecule has 3 heterocycles. The van der Waals surface area contributed by atoms with Crippen molar-refractivity contribution >= 4 is 39.3 Å². The molecule has 0 saturated heterocycles. The molecule has 0 bridgehead atoms. The first-order chi connectivity index (χ1) is 15.7. The lowest BCUT2D eigenvalue weighted by Crippen LogP contribution is -2.32. The summed E-state index contributed by atoms with van der Waals surface area (Å²) < 4.78 is 1.76. The second kappa shape index (κ2) is 7.95. The number of para-hydroxylation sites is 1. The summed E-state index contributed by atoms with van der Waals surface area (Å²) in [7, 11) is 0. The fourth-order valence-corrected chi connectivity index (χ4v) is 3.76. The van der Waals surface area contributed by atoms with Gasteiger partial charge in [-0.25, -0.2) is 14.6 Å². The highest BCUT2D eigenvalue weighted by molar-refractivity contribution is 6.01. The molecule has 5 aromatic rings. The molecule has 0 aliphatic rings. The molecule has 0 aliphatic heterocycles. The highest BCUT2D eigenvalue weighted by Crippen LogP contribution is 2.31. The van der Waals surface area contributed by atoms with Crippen LogP contribution in [0.5, 0.6) is 0 Å². The highest BCUT2D eigenvalue weighted by atomic mass is 16.2. The number of rotatable bonds is 6. The first kappa shape index (κ1) is 19.4. The van der Waals surface area contributed by atoms with E-state index in [1.165, 1.54) is 12.4 Å². The van der Waals surface area contributed by atoms with Crippen LogP contribution in [0.2, 0.25) is 0 Å². The van der Waals surface area contributed by atoms with Crippen LogP contribution in [0.4, 0.5) is 11.5 Å². The summed E-state index contributed by atoms with van der Waals surface area (Å²) in [5.41, 5.74) is 10.1. The number of nitrogen functional groups attached to an aromatic ring is 1. The van der Waals surface area contributed by atoms with Gasteiger partial charge in [-0.15, -0.1) is 0 Å². The number of nitrogens with zero attached hydrogens (tertiary/aromatic N) is 6. The Kier molecular flexibility index (Phi) is 4.83. The number of hydrogen-bond acceptors (Lipinski definition) is 6. The third-order valence-electron chi connectivity index (χ3n) is 5.32. The first-order valence-corrected chi connectivity index (χ1v) is 10.0. The zero-order valence-electron chi connectivity index (χ0n) is 17.1. The average Bonchev–Trinajstić information content (AvgIpc) is 3.44. The van der Waals surface area contributed by atoms with Gasteiger partial charge in [-0.1, -0.05) is 30.8 Å². The Morgan fingerprint density at radius 3 is 2.84 bits per heavy atom. The van der Waals surface area contributed by atoms with Crippen LogP contribution in [0.15, 0.2) is 73.7 Å². The molecule has 0 atom stereocenters. The molecule has 0 unspecified atom stereocenters. The normalized spacial score (nSPS) is 11.1. The molecule has 32 heavy (non-hydrogen) atoms. The van der Waals surface area contributed by atoms with E-state index in [0.29, 0.717) is 35.6 Å². The average molecular weight is 424 g/mol. The topological polar surface area (TPSA) is 119 Å². The van der Waals surface area contributed by atoms with Crippen molar-refractivity contribution in [1.29, 1.82) is 0 Å². The molecule has 0 radical (unpaired) electrons. The Labute approximate surface area is 183 Å². The number of carbonyl (C=O) groups excluding carboxylic acids is 1. The van der Waals surface area contributed by atoms with E-state index in [-0.39, 0.29) is 5.91 Å². The smallest absolute Gasteiger partial charge is 0.250 e. The Balaban J connectivity index is 1.55. The van der Waals surface area contributed by atoms with Gasteiger partial charge in [0.2, 0.25) is 5.91 Å². The summed E-state index contributed by atoms with van der Waals surface area (Å²) in [5.74, 6) is 0.165. The minimum atomic E-state index is -0.188. The molecule has 158 valence electrons. The predicted molar refractivity (Wildman–Crippen MR) is 124 cm³/mol. The van der Waals surface area contributed by atoms with E-state index in [1.54, 1.807) is 15.8 Å². The number of aromatic amines is 1. The Morgan fingerprint density at radius 1 is 1.19 bits per heavy atom. The second-order valence-corrected chi connectivity index (χ2v) is 7.23. The summed E-state index contributed by atoms with van der Waals surface area (Å²) >= 11 is 0. The lowest BCUT2D eigenvalue weighted by molar-refractivity contribution is -0.114. The number of carbonyl (C=O) groups is 1. The number of hydrogen-bond donors (Lipinski definition) is 2. The maximum Gasteiger partial charge on any atom is 0.250 e. The van der Waals surface area contributed by atoms with Gasteiger partial charge in [-0.3, -0.25) is 9.89 Å². The zero-order chi connectivity index (χ0) is 22.1. The quantitative estimate of drug-likeness (QED) is 0.404. The van der Waals surface area contributed by atoms with Crippen molar-refractivity contribution in [1.82, 2.24) is 29.9 Å². The molecular weight excluding hydrogens is 404 g/mol. The maximum atomic E-state index is 12.5. The predicted octanol–water partition coefficient (Wildman–Crippen LogP) is 3.17. The van der Waals surface area contributed by atoms with E-state index in [2.05, 4.69) is 26.7 Å². The molecule has 2 aromatic carbocycles. The van der Waals surface area contributed by atoms with Crippen LogP contribution >= 0.6 is 0 Å². The van der Waals surface area contributed by atoms with Crippen molar-refractivity contribution in [2.75, 3.05) is 17.2 Å². The van der Waals surface area contributed by atoms with Gasteiger partial charge in [0, 0.05) is 23.2 Å². The molecule has 3 N–H and O–H groups in total. The number of amides is 1. The van der Waals surface area contributed by atoms with Crippen molar-refractivity contribution in [3.63, 3.8) is 0 Å². The summed E-state index contributed by atoms with van der Waals surface area (Å²) in [4.78, 5) is 22.7. The van der Waals surface area contributed by atoms with Crippen molar-refractivity contribution in [2.24, 2.45) is 0 Å². The van der Waals surface area contributed by atoms with Crippen LogP contribution in [0, 0.1) is 0 Å².